The van der Waals surface area contributed by atoms with Crippen molar-refractivity contribution < 1.29 is 51.2 Å². The van der Waals surface area contributed by atoms with Gasteiger partial charge in [-0.25, -0.2) is 18.2 Å². The third-order valence-corrected chi connectivity index (χ3v) is 8.64. The summed E-state index contributed by atoms with van der Waals surface area (Å²) < 4.78 is 68.4. The lowest BCUT2D eigenvalue weighted by Gasteiger charge is -2.26. The van der Waals surface area contributed by atoms with Crippen molar-refractivity contribution in [2.75, 3.05) is 70.4 Å². The molecule has 0 saturated carbocycles. The molecule has 270 valence electrons. The van der Waals surface area contributed by atoms with Crippen molar-refractivity contribution in [3.8, 4) is 34.6 Å². The Morgan fingerprint density at radius 3 is 2.45 bits per heavy atom. The van der Waals surface area contributed by atoms with Crippen LogP contribution in [0.4, 0.5) is 16.3 Å². The van der Waals surface area contributed by atoms with Gasteiger partial charge in [-0.2, -0.15) is 4.98 Å². The molecule has 2 amide bonds. The summed E-state index contributed by atoms with van der Waals surface area (Å²) in [6, 6.07) is 11.6. The Kier molecular flexibility index (Phi) is 12.5. The van der Waals surface area contributed by atoms with Crippen LogP contribution in [-0.2, 0) is 24.3 Å². The van der Waals surface area contributed by atoms with Crippen LogP contribution < -0.4 is 33.7 Å². The van der Waals surface area contributed by atoms with Gasteiger partial charge in [0.25, 0.3) is 21.8 Å². The highest BCUT2D eigenvalue weighted by Crippen LogP contribution is 2.41. The highest BCUT2D eigenvalue weighted by atomic mass is 35.5. The van der Waals surface area contributed by atoms with Crippen LogP contribution in [0.15, 0.2) is 72.1 Å². The van der Waals surface area contributed by atoms with Gasteiger partial charge < -0.3 is 38.1 Å². The average Bonchev–Trinajstić information content (AvgIpc) is 3.14. The molecule has 0 unspecified atom stereocenters. The molecule has 0 atom stereocenters. The Hall–Kier alpha value is -5.59. The van der Waals surface area contributed by atoms with Gasteiger partial charge in [-0.1, -0.05) is 11.6 Å². The maximum atomic E-state index is 13.7. The zero-order chi connectivity index (χ0) is 36.2. The Bertz CT molecular complexity index is 1930. The molecule has 2 aromatic heterocycles. The van der Waals surface area contributed by atoms with Crippen LogP contribution in [0, 0.1) is 0 Å². The number of aromatic nitrogens is 3. The van der Waals surface area contributed by atoms with Crippen LogP contribution in [0.2, 0.25) is 5.02 Å². The summed E-state index contributed by atoms with van der Waals surface area (Å²) in [7, 11) is -1.57. The Morgan fingerprint density at radius 2 is 1.71 bits per heavy atom. The van der Waals surface area contributed by atoms with E-state index in [-0.39, 0.29) is 70.3 Å². The van der Waals surface area contributed by atoms with Crippen molar-refractivity contribution in [1.29, 1.82) is 0 Å². The molecule has 1 fully saturated rings. The average molecular weight is 745 g/mol. The number of nitrogens with zero attached hydrogens (tertiary/aromatic N) is 4. The van der Waals surface area contributed by atoms with Gasteiger partial charge in [-0.15, -0.1) is 0 Å². The monoisotopic (exact) mass is 744 g/mol. The lowest BCUT2D eigenvalue weighted by atomic mass is 10.3. The fourth-order valence-electron chi connectivity index (χ4n) is 4.45. The minimum absolute atomic E-state index is 0.0151. The van der Waals surface area contributed by atoms with Crippen LogP contribution >= 0.6 is 11.6 Å². The first kappa shape index (κ1) is 36.7. The lowest BCUT2D eigenvalue weighted by Crippen LogP contribution is -2.43. The van der Waals surface area contributed by atoms with E-state index in [1.54, 1.807) is 23.1 Å². The van der Waals surface area contributed by atoms with E-state index in [0.29, 0.717) is 37.7 Å². The molecule has 0 radical (unpaired) electrons. The molecule has 51 heavy (non-hydrogen) atoms. The zero-order valence-corrected chi connectivity index (χ0v) is 28.9. The number of morpholine rings is 1. The number of pyridine rings is 1. The fraction of sp³-hybridized carbons (Fsp3) is 0.281. The van der Waals surface area contributed by atoms with Gasteiger partial charge in [0.05, 0.1) is 37.4 Å². The molecular weight excluding hydrogens is 712 g/mol. The quantitative estimate of drug-likeness (QED) is 0.166. The predicted octanol–water partition coefficient (Wildman–Crippen LogP) is 4.00. The van der Waals surface area contributed by atoms with Crippen molar-refractivity contribution >= 4 is 45.1 Å². The van der Waals surface area contributed by atoms with E-state index in [9.17, 15) is 18.0 Å². The second kappa shape index (κ2) is 17.4. The third-order valence-electron chi connectivity index (χ3n) is 6.99. The summed E-state index contributed by atoms with van der Waals surface area (Å²) in [6.45, 7) is 0.885. The molecule has 0 spiro atoms. The number of nitrogens with one attached hydrogen (secondary N) is 2. The van der Waals surface area contributed by atoms with Gasteiger partial charge in [0.15, 0.2) is 23.9 Å². The van der Waals surface area contributed by atoms with Crippen LogP contribution in [0.3, 0.4) is 0 Å². The molecule has 2 aromatic carbocycles. The van der Waals surface area contributed by atoms with Crippen LogP contribution in [0.5, 0.6) is 34.6 Å². The second-order valence-electron chi connectivity index (χ2n) is 10.3. The van der Waals surface area contributed by atoms with Gasteiger partial charge in [-0.3, -0.25) is 19.8 Å². The molecule has 1 aliphatic rings. The van der Waals surface area contributed by atoms with Gasteiger partial charge in [0.2, 0.25) is 5.75 Å². The molecule has 0 aliphatic carbocycles. The number of anilines is 2. The maximum Gasteiger partial charge on any atom is 0.411 e. The molecule has 0 bridgehead atoms. The highest BCUT2D eigenvalue weighted by molar-refractivity contribution is 7.92. The molecular formula is C32H33ClN6O11S. The Morgan fingerprint density at radius 1 is 0.922 bits per heavy atom. The second-order valence-corrected chi connectivity index (χ2v) is 12.4. The molecule has 5 rings (SSSR count). The zero-order valence-electron chi connectivity index (χ0n) is 27.4. The normalized spacial score (nSPS) is 12.7. The van der Waals surface area contributed by atoms with Crippen LogP contribution in [-0.4, -0.2) is 101 Å². The van der Waals surface area contributed by atoms with E-state index in [2.05, 4.69) is 25.0 Å². The van der Waals surface area contributed by atoms with E-state index < -0.39 is 16.1 Å². The minimum atomic E-state index is -4.40. The topological polar surface area (TPSA) is 199 Å². The molecule has 4 aromatic rings. The van der Waals surface area contributed by atoms with Gasteiger partial charge >= 0.3 is 6.09 Å². The van der Waals surface area contributed by atoms with E-state index in [4.69, 9.17) is 44.8 Å². The summed E-state index contributed by atoms with van der Waals surface area (Å²) >= 11 is 6.38. The number of halogens is 1. The van der Waals surface area contributed by atoms with Gasteiger partial charge in [0.1, 0.15) is 31.0 Å². The van der Waals surface area contributed by atoms with Crippen LogP contribution in [0.25, 0.3) is 0 Å². The number of benzene rings is 2. The van der Waals surface area contributed by atoms with Crippen molar-refractivity contribution in [2.24, 2.45) is 0 Å². The van der Waals surface area contributed by atoms with Crippen LogP contribution in [0.1, 0.15) is 0 Å². The maximum absolute atomic E-state index is 13.7. The minimum Gasteiger partial charge on any atom is -0.497 e. The summed E-state index contributed by atoms with van der Waals surface area (Å²) in [5, 5.41) is 2.69. The third kappa shape index (κ3) is 9.99. The van der Waals surface area contributed by atoms with Gasteiger partial charge in [-0.05, 0) is 36.4 Å². The first-order valence-corrected chi connectivity index (χ1v) is 17.0. The fourth-order valence-corrected chi connectivity index (χ4v) is 5.64. The van der Waals surface area contributed by atoms with Crippen molar-refractivity contribution in [2.45, 2.75) is 4.90 Å². The molecule has 1 aliphatic heterocycles. The number of hydrogen-bond donors (Lipinski definition) is 2. The number of carbonyl (C=O) groups is 2. The summed E-state index contributed by atoms with van der Waals surface area (Å²) in [6.07, 6.45) is 3.32. The molecule has 17 nitrogen and oxygen atoms in total. The molecule has 3 heterocycles. The summed E-state index contributed by atoms with van der Waals surface area (Å²) in [4.78, 5) is 38.3. The van der Waals surface area contributed by atoms with Gasteiger partial charge in [0, 0.05) is 43.3 Å². The summed E-state index contributed by atoms with van der Waals surface area (Å²) in [5.41, 5.74) is 0.478. The van der Waals surface area contributed by atoms with E-state index in [0.717, 1.165) is 6.33 Å². The number of amides is 2. The standard InChI is InChI=1S/C32H33ClN6O11S/c1-44-22-3-5-24(33)26(17-22)50-29-30(35-20-36-31(29)47-15-16-48-32(41)37-21-7-9-34-10-8-21)38-51(42,43)23-4-6-25(45-2)27(18-23)49-19-28(40)39-11-13-46-14-12-39/h3-10,17-18,20H,11-16,19H2,1-2H3,(H,34,37,41)(H,35,36,38). The number of hydrogen-bond acceptors (Lipinski definition) is 14. The predicted molar refractivity (Wildman–Crippen MR) is 182 cm³/mol. The Labute approximate surface area is 297 Å². The van der Waals surface area contributed by atoms with E-state index >= 15 is 0 Å². The number of carbonyl (C=O) groups excluding carboxylic acids is 2. The van der Waals surface area contributed by atoms with Crippen molar-refractivity contribution in [3.63, 3.8) is 0 Å². The first-order chi connectivity index (χ1) is 24.7. The molecule has 2 N–H and O–H groups in total. The lowest BCUT2D eigenvalue weighted by molar-refractivity contribution is -0.137. The highest BCUT2D eigenvalue weighted by Gasteiger charge is 2.25. The molecule has 1 saturated heterocycles. The SMILES string of the molecule is COc1ccc(Cl)c(Oc2c(NS(=O)(=O)c3ccc(OC)c(OCC(=O)N4CCOCC4)c3)ncnc2OCCOC(=O)Nc2ccncc2)c1. The van der Waals surface area contributed by atoms with Crippen molar-refractivity contribution in [1.82, 2.24) is 19.9 Å². The Balaban J connectivity index is 1.36. The largest absolute Gasteiger partial charge is 0.497 e. The summed E-state index contributed by atoms with van der Waals surface area (Å²) in [5.74, 6) is -0.416. The number of sulfonamides is 1. The number of ether oxygens (including phenoxy) is 7. The number of methoxy groups -OCH3 is 2. The van der Waals surface area contributed by atoms with E-state index in [1.165, 1.54) is 56.9 Å². The number of rotatable bonds is 15. The smallest absolute Gasteiger partial charge is 0.411 e. The molecule has 19 heteroatoms. The first-order valence-electron chi connectivity index (χ1n) is 15.2. The van der Waals surface area contributed by atoms with Crippen molar-refractivity contribution in [3.05, 3.63) is 72.3 Å². The van der Waals surface area contributed by atoms with E-state index in [1.807, 2.05) is 0 Å².